The van der Waals surface area contributed by atoms with Crippen LogP contribution in [-0.2, 0) is 6.42 Å². The average molecular weight is 262 g/mol. The highest BCUT2D eigenvalue weighted by Gasteiger charge is 2.03. The number of aromatic nitrogens is 4. The van der Waals surface area contributed by atoms with Crippen LogP contribution < -0.4 is 10.2 Å². The van der Waals surface area contributed by atoms with E-state index in [0.717, 1.165) is 31.0 Å². The Labute approximate surface area is 112 Å². The second-order valence-corrected chi connectivity index (χ2v) is 4.42. The Hall–Kier alpha value is -2.18. The van der Waals surface area contributed by atoms with Crippen LogP contribution in [0.4, 0.5) is 11.6 Å². The van der Waals surface area contributed by atoms with Gasteiger partial charge in [-0.1, -0.05) is 5.16 Å². The lowest BCUT2D eigenvalue weighted by Crippen LogP contribution is -2.12. The van der Waals surface area contributed by atoms with Crippen LogP contribution in [-0.4, -0.2) is 40.7 Å². The Morgan fingerprint density at radius 2 is 2.16 bits per heavy atom. The highest BCUT2D eigenvalue weighted by Crippen LogP contribution is 2.11. The van der Waals surface area contributed by atoms with E-state index in [2.05, 4.69) is 25.4 Å². The van der Waals surface area contributed by atoms with Crippen molar-refractivity contribution in [3.05, 3.63) is 24.1 Å². The number of hydrogen-bond donors (Lipinski definition) is 1. The molecule has 0 aromatic carbocycles. The third-order valence-corrected chi connectivity index (χ3v) is 2.55. The fourth-order valence-corrected chi connectivity index (χ4v) is 1.59. The predicted molar refractivity (Wildman–Crippen MR) is 72.2 cm³/mol. The number of rotatable bonds is 6. The number of nitrogens with zero attached hydrogens (tertiary/aromatic N) is 5. The number of hydrogen-bond acceptors (Lipinski definition) is 7. The maximum Gasteiger partial charge on any atom is 0.226 e. The molecule has 102 valence electrons. The largest absolute Gasteiger partial charge is 0.370 e. The molecular formula is C12H18N6O. The summed E-state index contributed by atoms with van der Waals surface area (Å²) in [5, 5.41) is 7.00. The molecule has 0 unspecified atom stereocenters. The van der Waals surface area contributed by atoms with Gasteiger partial charge in [0.25, 0.3) is 0 Å². The zero-order chi connectivity index (χ0) is 13.7. The molecule has 0 spiro atoms. The van der Waals surface area contributed by atoms with Gasteiger partial charge < -0.3 is 14.7 Å². The molecule has 19 heavy (non-hydrogen) atoms. The monoisotopic (exact) mass is 262 g/mol. The first-order chi connectivity index (χ1) is 9.15. The molecule has 0 aliphatic carbocycles. The summed E-state index contributed by atoms with van der Waals surface area (Å²) in [7, 11) is 3.90. The fourth-order valence-electron chi connectivity index (χ4n) is 1.59. The topological polar surface area (TPSA) is 80.0 Å². The first-order valence-electron chi connectivity index (χ1n) is 6.17. The van der Waals surface area contributed by atoms with Gasteiger partial charge in [0.2, 0.25) is 5.89 Å². The molecule has 2 rings (SSSR count). The van der Waals surface area contributed by atoms with Gasteiger partial charge in [-0.25, -0.2) is 9.97 Å². The smallest absolute Gasteiger partial charge is 0.226 e. The Bertz CT molecular complexity index is 524. The summed E-state index contributed by atoms with van der Waals surface area (Å²) in [5.74, 6) is 3.05. The van der Waals surface area contributed by atoms with Gasteiger partial charge >= 0.3 is 0 Å². The molecule has 0 atom stereocenters. The summed E-state index contributed by atoms with van der Waals surface area (Å²) >= 11 is 0. The molecule has 7 heteroatoms. The molecule has 2 aromatic rings. The predicted octanol–water partition coefficient (Wildman–Crippen LogP) is 1.28. The van der Waals surface area contributed by atoms with Gasteiger partial charge in [-0.15, -0.1) is 0 Å². The molecule has 0 saturated heterocycles. The van der Waals surface area contributed by atoms with Gasteiger partial charge in [-0.05, 0) is 13.3 Å². The Balaban J connectivity index is 1.78. The van der Waals surface area contributed by atoms with E-state index in [1.807, 2.05) is 32.0 Å². The molecule has 0 aliphatic heterocycles. The van der Waals surface area contributed by atoms with Crippen molar-refractivity contribution in [2.45, 2.75) is 19.8 Å². The van der Waals surface area contributed by atoms with Crippen LogP contribution in [0.3, 0.4) is 0 Å². The Morgan fingerprint density at radius 1 is 1.32 bits per heavy atom. The summed E-state index contributed by atoms with van der Waals surface area (Å²) in [6.45, 7) is 2.61. The zero-order valence-corrected chi connectivity index (χ0v) is 11.4. The molecule has 0 radical (unpaired) electrons. The van der Waals surface area contributed by atoms with Gasteiger partial charge in [0.15, 0.2) is 5.82 Å². The second-order valence-electron chi connectivity index (χ2n) is 4.42. The fraction of sp³-hybridized carbons (Fsp3) is 0.500. The molecule has 0 bridgehead atoms. The van der Waals surface area contributed by atoms with Crippen molar-refractivity contribution < 1.29 is 4.52 Å². The van der Waals surface area contributed by atoms with E-state index in [-0.39, 0.29) is 0 Å². The number of aryl methyl sites for hydroxylation is 2. The second kappa shape index (κ2) is 6.12. The molecule has 0 fully saturated rings. The molecule has 2 aromatic heterocycles. The molecular weight excluding hydrogens is 244 g/mol. The minimum atomic E-state index is 0.675. The van der Waals surface area contributed by atoms with Crippen molar-refractivity contribution in [1.29, 1.82) is 0 Å². The number of nitrogens with one attached hydrogen (secondary N) is 1. The van der Waals surface area contributed by atoms with E-state index in [4.69, 9.17) is 4.52 Å². The van der Waals surface area contributed by atoms with Crippen LogP contribution in [0.25, 0.3) is 0 Å². The van der Waals surface area contributed by atoms with Gasteiger partial charge in [-0.2, -0.15) is 4.98 Å². The first kappa shape index (κ1) is 13.3. The van der Waals surface area contributed by atoms with Gasteiger partial charge in [0.05, 0.1) is 0 Å². The van der Waals surface area contributed by atoms with Crippen molar-refractivity contribution in [2.75, 3.05) is 30.9 Å². The minimum absolute atomic E-state index is 0.675. The van der Waals surface area contributed by atoms with Gasteiger partial charge in [0, 0.05) is 33.1 Å². The van der Waals surface area contributed by atoms with E-state index in [9.17, 15) is 0 Å². The first-order valence-corrected chi connectivity index (χ1v) is 6.17. The van der Waals surface area contributed by atoms with Crippen molar-refractivity contribution in [3.8, 4) is 0 Å². The molecule has 0 saturated carbocycles. The summed E-state index contributed by atoms with van der Waals surface area (Å²) in [6.07, 6.45) is 3.22. The molecule has 7 nitrogen and oxygen atoms in total. The molecule has 0 amide bonds. The summed E-state index contributed by atoms with van der Waals surface area (Å²) in [6, 6.07) is 1.91. The van der Waals surface area contributed by atoms with E-state index >= 15 is 0 Å². The zero-order valence-electron chi connectivity index (χ0n) is 11.4. The maximum atomic E-state index is 5.05. The quantitative estimate of drug-likeness (QED) is 0.785. The molecule has 2 heterocycles. The van der Waals surface area contributed by atoms with Crippen molar-refractivity contribution in [3.63, 3.8) is 0 Å². The highest BCUT2D eigenvalue weighted by molar-refractivity contribution is 5.47. The summed E-state index contributed by atoms with van der Waals surface area (Å²) < 4.78 is 5.05. The lowest BCUT2D eigenvalue weighted by Gasteiger charge is -2.12. The van der Waals surface area contributed by atoms with Crippen molar-refractivity contribution in [1.82, 2.24) is 20.1 Å². The average Bonchev–Trinajstić information content (AvgIpc) is 2.81. The van der Waals surface area contributed by atoms with E-state index in [0.29, 0.717) is 11.7 Å². The third-order valence-electron chi connectivity index (χ3n) is 2.55. The summed E-state index contributed by atoms with van der Waals surface area (Å²) in [4.78, 5) is 14.4. The molecule has 1 N–H and O–H groups in total. The Kier molecular flexibility index (Phi) is 4.27. The lowest BCUT2D eigenvalue weighted by atomic mass is 10.3. The van der Waals surface area contributed by atoms with E-state index in [1.165, 1.54) is 0 Å². The molecule has 0 aliphatic rings. The van der Waals surface area contributed by atoms with Crippen LogP contribution in [0.1, 0.15) is 18.1 Å². The van der Waals surface area contributed by atoms with Crippen molar-refractivity contribution >= 4 is 11.6 Å². The Morgan fingerprint density at radius 3 is 2.84 bits per heavy atom. The highest BCUT2D eigenvalue weighted by atomic mass is 16.5. The van der Waals surface area contributed by atoms with E-state index < -0.39 is 0 Å². The minimum Gasteiger partial charge on any atom is -0.370 e. The van der Waals surface area contributed by atoms with Crippen LogP contribution in [0.5, 0.6) is 0 Å². The third kappa shape index (κ3) is 3.90. The van der Waals surface area contributed by atoms with Crippen LogP contribution >= 0.6 is 0 Å². The normalized spacial score (nSPS) is 10.5. The van der Waals surface area contributed by atoms with Crippen LogP contribution in [0, 0.1) is 6.92 Å². The van der Waals surface area contributed by atoms with Crippen molar-refractivity contribution in [2.24, 2.45) is 0 Å². The standard InChI is InChI=1S/C12H18N6O/c1-9-16-12(19-17-9)5-4-6-13-10-7-11(18(2)3)15-8-14-10/h7-8H,4-6H2,1-3H3,(H,13,14,15). The van der Waals surface area contributed by atoms with Crippen LogP contribution in [0.2, 0.25) is 0 Å². The lowest BCUT2D eigenvalue weighted by molar-refractivity contribution is 0.373. The van der Waals surface area contributed by atoms with Gasteiger partial charge in [-0.3, -0.25) is 0 Å². The SMILES string of the molecule is Cc1noc(CCCNc2cc(N(C)C)ncn2)n1. The summed E-state index contributed by atoms with van der Waals surface area (Å²) in [5.41, 5.74) is 0. The van der Waals surface area contributed by atoms with Gasteiger partial charge in [0.1, 0.15) is 18.0 Å². The maximum absolute atomic E-state index is 5.05. The number of anilines is 2. The van der Waals surface area contributed by atoms with Crippen LogP contribution in [0.15, 0.2) is 16.9 Å². The van der Waals surface area contributed by atoms with E-state index in [1.54, 1.807) is 6.33 Å².